The van der Waals surface area contributed by atoms with Gasteiger partial charge in [0.2, 0.25) is 0 Å². The molecule has 0 atom stereocenters. The molecule has 2 aromatic carbocycles. The Bertz CT molecular complexity index is 676. The highest BCUT2D eigenvalue weighted by molar-refractivity contribution is 5.79. The Balaban J connectivity index is 2.12. The maximum absolute atomic E-state index is 9.07. The van der Waals surface area contributed by atoms with E-state index < -0.39 is 0 Å². The van der Waals surface area contributed by atoms with E-state index in [-0.39, 0.29) is 0 Å². The Kier molecular flexibility index (Phi) is 3.18. The van der Waals surface area contributed by atoms with E-state index in [2.05, 4.69) is 11.0 Å². The first-order chi connectivity index (χ1) is 9.79. The van der Waals surface area contributed by atoms with Crippen molar-refractivity contribution in [3.63, 3.8) is 0 Å². The summed E-state index contributed by atoms with van der Waals surface area (Å²) in [5, 5.41) is 9.07. The maximum atomic E-state index is 9.07. The molecule has 1 aliphatic heterocycles. The van der Waals surface area contributed by atoms with Crippen LogP contribution in [0.25, 0.3) is 0 Å². The lowest BCUT2D eigenvalue weighted by Gasteiger charge is -2.25. The van der Waals surface area contributed by atoms with Crippen LogP contribution in [0.1, 0.15) is 12.0 Å². The average Bonchev–Trinajstić information content (AvgIpc) is 2.70. The van der Waals surface area contributed by atoms with E-state index >= 15 is 0 Å². The molecule has 20 heavy (non-hydrogen) atoms. The fourth-order valence-corrected chi connectivity index (χ4v) is 2.42. The van der Waals surface area contributed by atoms with E-state index in [0.29, 0.717) is 17.9 Å². The zero-order valence-corrected chi connectivity index (χ0v) is 11.0. The second-order valence-corrected chi connectivity index (χ2v) is 4.71. The lowest BCUT2D eigenvalue weighted by atomic mass is 10.1. The fourth-order valence-electron chi connectivity index (χ4n) is 2.42. The third-order valence-corrected chi connectivity index (χ3v) is 3.39. The Morgan fingerprint density at radius 2 is 2.00 bits per heavy atom. The summed E-state index contributed by atoms with van der Waals surface area (Å²) < 4.78 is 5.75. The van der Waals surface area contributed by atoms with Gasteiger partial charge in [0.15, 0.2) is 0 Å². The number of fused-ring (bicyclic) bond motifs is 1. The number of benzene rings is 2. The summed E-state index contributed by atoms with van der Waals surface area (Å²) in [6, 6.07) is 15.4. The molecule has 4 heteroatoms. The molecule has 4 nitrogen and oxygen atoms in total. The van der Waals surface area contributed by atoms with Gasteiger partial charge in [0.05, 0.1) is 35.3 Å². The van der Waals surface area contributed by atoms with Crippen LogP contribution < -0.4 is 15.4 Å². The van der Waals surface area contributed by atoms with Gasteiger partial charge >= 0.3 is 0 Å². The van der Waals surface area contributed by atoms with Crippen molar-refractivity contribution < 1.29 is 4.74 Å². The molecule has 0 unspecified atom stereocenters. The van der Waals surface area contributed by atoms with Crippen molar-refractivity contribution >= 4 is 17.1 Å². The van der Waals surface area contributed by atoms with Crippen molar-refractivity contribution in [2.24, 2.45) is 0 Å². The van der Waals surface area contributed by atoms with Crippen molar-refractivity contribution in [3.05, 3.63) is 48.0 Å². The molecular formula is C16H15N3O. The van der Waals surface area contributed by atoms with Crippen LogP contribution in [0.4, 0.5) is 17.1 Å². The summed E-state index contributed by atoms with van der Waals surface area (Å²) in [7, 11) is 0. The molecule has 2 N–H and O–H groups in total. The number of hydrogen-bond donors (Lipinski definition) is 1. The Hall–Kier alpha value is -2.67. The number of nitrogens with zero attached hydrogens (tertiary/aromatic N) is 2. The van der Waals surface area contributed by atoms with Crippen molar-refractivity contribution in [2.75, 3.05) is 23.8 Å². The smallest absolute Gasteiger partial charge is 0.142 e. The number of ether oxygens (including phenoxy) is 1. The largest absolute Gasteiger partial charge is 0.491 e. The van der Waals surface area contributed by atoms with E-state index in [1.54, 1.807) is 12.1 Å². The van der Waals surface area contributed by atoms with Gasteiger partial charge in [-0.25, -0.2) is 0 Å². The first kappa shape index (κ1) is 12.4. The topological polar surface area (TPSA) is 62.3 Å². The van der Waals surface area contributed by atoms with Gasteiger partial charge in [-0.15, -0.1) is 0 Å². The SMILES string of the molecule is N#Cc1ccc(N)c(N2CCCOc3ccccc32)c1. The van der Waals surface area contributed by atoms with Gasteiger partial charge in [-0.3, -0.25) is 0 Å². The molecule has 0 aromatic heterocycles. The highest BCUT2D eigenvalue weighted by Gasteiger charge is 2.19. The summed E-state index contributed by atoms with van der Waals surface area (Å²) in [4.78, 5) is 2.12. The highest BCUT2D eigenvalue weighted by atomic mass is 16.5. The lowest BCUT2D eigenvalue weighted by Crippen LogP contribution is -2.19. The van der Waals surface area contributed by atoms with Crippen LogP contribution in [-0.4, -0.2) is 13.2 Å². The zero-order valence-electron chi connectivity index (χ0n) is 11.0. The number of nitriles is 1. The van der Waals surface area contributed by atoms with Gasteiger partial charge in [-0.2, -0.15) is 5.26 Å². The van der Waals surface area contributed by atoms with Crippen molar-refractivity contribution in [2.45, 2.75) is 6.42 Å². The van der Waals surface area contributed by atoms with Gasteiger partial charge < -0.3 is 15.4 Å². The normalized spacial score (nSPS) is 13.8. The fraction of sp³-hybridized carbons (Fsp3) is 0.188. The molecule has 1 heterocycles. The van der Waals surface area contributed by atoms with Crippen LogP contribution in [0.5, 0.6) is 5.75 Å². The quantitative estimate of drug-likeness (QED) is 0.805. The van der Waals surface area contributed by atoms with E-state index in [4.69, 9.17) is 15.7 Å². The molecule has 2 aromatic rings. The van der Waals surface area contributed by atoms with Crippen LogP contribution >= 0.6 is 0 Å². The molecule has 3 rings (SSSR count). The summed E-state index contributed by atoms with van der Waals surface area (Å²) in [5.74, 6) is 0.853. The molecular weight excluding hydrogens is 250 g/mol. The minimum atomic E-state index is 0.608. The summed E-state index contributed by atoms with van der Waals surface area (Å²) >= 11 is 0. The van der Waals surface area contributed by atoms with Gasteiger partial charge in [-0.1, -0.05) is 12.1 Å². The zero-order chi connectivity index (χ0) is 13.9. The molecule has 0 amide bonds. The molecule has 100 valence electrons. The monoisotopic (exact) mass is 265 g/mol. The number of nitrogens with two attached hydrogens (primary N) is 1. The van der Waals surface area contributed by atoms with Gasteiger partial charge in [0.1, 0.15) is 5.75 Å². The van der Waals surface area contributed by atoms with Crippen LogP contribution in [0.3, 0.4) is 0 Å². The lowest BCUT2D eigenvalue weighted by molar-refractivity contribution is 0.322. The molecule has 1 aliphatic rings. The van der Waals surface area contributed by atoms with Crippen molar-refractivity contribution in [3.8, 4) is 11.8 Å². The van der Waals surface area contributed by atoms with Gasteiger partial charge in [0, 0.05) is 6.54 Å². The number of para-hydroxylation sites is 2. The standard InChI is InChI=1S/C16H15N3O/c17-11-12-6-7-13(18)15(10-12)19-8-3-9-20-16-5-2-1-4-14(16)19/h1-2,4-7,10H,3,8-9,18H2. The maximum Gasteiger partial charge on any atom is 0.142 e. The summed E-state index contributed by atoms with van der Waals surface area (Å²) in [5.41, 5.74) is 9.22. The van der Waals surface area contributed by atoms with Crippen LogP contribution in [0.2, 0.25) is 0 Å². The number of nitrogen functional groups attached to an aromatic ring is 1. The predicted molar refractivity (Wildman–Crippen MR) is 79.1 cm³/mol. The second kappa shape index (κ2) is 5.14. The van der Waals surface area contributed by atoms with Crippen LogP contribution in [0.15, 0.2) is 42.5 Å². The summed E-state index contributed by atoms with van der Waals surface area (Å²) in [6.45, 7) is 1.50. The minimum absolute atomic E-state index is 0.608. The van der Waals surface area contributed by atoms with E-state index in [1.807, 2.05) is 30.3 Å². The van der Waals surface area contributed by atoms with E-state index in [9.17, 15) is 0 Å². The average molecular weight is 265 g/mol. The van der Waals surface area contributed by atoms with E-state index in [1.165, 1.54) is 0 Å². The third kappa shape index (κ3) is 2.14. The van der Waals surface area contributed by atoms with Crippen molar-refractivity contribution in [1.82, 2.24) is 0 Å². The van der Waals surface area contributed by atoms with Crippen molar-refractivity contribution in [1.29, 1.82) is 5.26 Å². The van der Waals surface area contributed by atoms with Crippen LogP contribution in [0, 0.1) is 11.3 Å². The molecule has 0 saturated heterocycles. The third-order valence-electron chi connectivity index (χ3n) is 3.39. The van der Waals surface area contributed by atoms with E-state index in [0.717, 1.165) is 30.1 Å². The van der Waals surface area contributed by atoms with Crippen LogP contribution in [-0.2, 0) is 0 Å². The second-order valence-electron chi connectivity index (χ2n) is 4.71. The minimum Gasteiger partial charge on any atom is -0.491 e. The summed E-state index contributed by atoms with van der Waals surface area (Å²) in [6.07, 6.45) is 0.908. The van der Waals surface area contributed by atoms with Gasteiger partial charge in [0.25, 0.3) is 0 Å². The molecule has 0 spiro atoms. The molecule has 0 radical (unpaired) electrons. The molecule has 0 saturated carbocycles. The Morgan fingerprint density at radius 1 is 1.15 bits per heavy atom. The molecule has 0 bridgehead atoms. The van der Waals surface area contributed by atoms with Gasteiger partial charge in [-0.05, 0) is 36.8 Å². The Morgan fingerprint density at radius 3 is 2.85 bits per heavy atom. The Labute approximate surface area is 118 Å². The number of rotatable bonds is 1. The number of anilines is 3. The molecule has 0 aliphatic carbocycles. The first-order valence-corrected chi connectivity index (χ1v) is 6.58. The molecule has 0 fully saturated rings. The highest BCUT2D eigenvalue weighted by Crippen LogP contribution is 2.38. The number of hydrogen-bond acceptors (Lipinski definition) is 4. The predicted octanol–water partition coefficient (Wildman–Crippen LogP) is 3.06. The first-order valence-electron chi connectivity index (χ1n) is 6.58.